The number of rotatable bonds is 7. The molecule has 0 heterocycles. The second-order valence-electron chi connectivity index (χ2n) is 5.06. The summed E-state index contributed by atoms with van der Waals surface area (Å²) in [5, 5.41) is 9.99. The molecule has 0 aliphatic heterocycles. The van der Waals surface area contributed by atoms with Crippen molar-refractivity contribution in [2.45, 2.75) is 33.0 Å². The summed E-state index contributed by atoms with van der Waals surface area (Å²) in [7, 11) is 1.32. The molecule has 19 heavy (non-hydrogen) atoms. The number of aliphatic hydroxyl groups excluding tert-OH is 1. The van der Waals surface area contributed by atoms with Gasteiger partial charge >= 0.3 is 5.97 Å². The van der Waals surface area contributed by atoms with Crippen LogP contribution in [-0.2, 0) is 20.9 Å². The van der Waals surface area contributed by atoms with Crippen LogP contribution in [0.2, 0.25) is 0 Å². The lowest BCUT2D eigenvalue weighted by atomic mass is 9.85. The van der Waals surface area contributed by atoms with Gasteiger partial charge in [-0.15, -0.1) is 0 Å². The van der Waals surface area contributed by atoms with Crippen molar-refractivity contribution < 1.29 is 19.4 Å². The van der Waals surface area contributed by atoms with Gasteiger partial charge in [0, 0.05) is 6.61 Å². The molecule has 4 nitrogen and oxygen atoms in total. The molecule has 1 N–H and O–H groups in total. The summed E-state index contributed by atoms with van der Waals surface area (Å²) in [6, 6.07) is 9.82. The summed E-state index contributed by atoms with van der Waals surface area (Å²) in [6.45, 7) is 4.24. The number of carbonyl (C=O) groups is 1. The van der Waals surface area contributed by atoms with Crippen LogP contribution in [0.4, 0.5) is 0 Å². The van der Waals surface area contributed by atoms with E-state index in [0.717, 1.165) is 5.56 Å². The lowest BCUT2D eigenvalue weighted by Crippen LogP contribution is -2.38. The first kappa shape index (κ1) is 15.7. The third-order valence-corrected chi connectivity index (χ3v) is 3.19. The van der Waals surface area contributed by atoms with Crippen molar-refractivity contribution in [3.05, 3.63) is 35.9 Å². The minimum absolute atomic E-state index is 0.398. The van der Waals surface area contributed by atoms with Crippen molar-refractivity contribution in [1.82, 2.24) is 0 Å². The van der Waals surface area contributed by atoms with E-state index in [1.807, 2.05) is 30.3 Å². The molecule has 1 aromatic rings. The molecule has 1 unspecified atom stereocenters. The highest BCUT2D eigenvalue weighted by Gasteiger charge is 2.36. The number of benzene rings is 1. The molecule has 0 bridgehead atoms. The van der Waals surface area contributed by atoms with Crippen LogP contribution in [0.3, 0.4) is 0 Å². The van der Waals surface area contributed by atoms with E-state index in [1.54, 1.807) is 13.8 Å². The smallest absolute Gasteiger partial charge is 0.313 e. The molecule has 0 spiro atoms. The Morgan fingerprint density at radius 3 is 2.53 bits per heavy atom. The fourth-order valence-electron chi connectivity index (χ4n) is 1.72. The summed E-state index contributed by atoms with van der Waals surface area (Å²) in [6.07, 6.45) is -0.384. The lowest BCUT2D eigenvalue weighted by Gasteiger charge is -2.27. The number of methoxy groups -OCH3 is 1. The Morgan fingerprint density at radius 1 is 1.32 bits per heavy atom. The summed E-state index contributed by atoms with van der Waals surface area (Å²) >= 11 is 0. The van der Waals surface area contributed by atoms with Crippen LogP contribution in [0.5, 0.6) is 0 Å². The summed E-state index contributed by atoms with van der Waals surface area (Å²) in [4.78, 5) is 11.5. The Labute approximate surface area is 114 Å². The van der Waals surface area contributed by atoms with E-state index < -0.39 is 17.5 Å². The predicted octanol–water partition coefficient (Wildman–Crippen LogP) is 2.15. The molecular weight excluding hydrogens is 244 g/mol. The zero-order valence-electron chi connectivity index (χ0n) is 11.8. The number of hydrogen-bond acceptors (Lipinski definition) is 4. The normalized spacial score (nSPS) is 13.1. The third-order valence-electron chi connectivity index (χ3n) is 3.19. The van der Waals surface area contributed by atoms with E-state index in [4.69, 9.17) is 4.74 Å². The maximum atomic E-state index is 11.5. The number of carbonyl (C=O) groups excluding carboxylic acids is 1. The fraction of sp³-hybridized carbons (Fsp3) is 0.533. The van der Waals surface area contributed by atoms with E-state index >= 15 is 0 Å². The number of hydrogen-bond donors (Lipinski definition) is 1. The molecule has 0 saturated heterocycles. The maximum Gasteiger partial charge on any atom is 0.313 e. The Kier molecular flexibility index (Phi) is 5.99. The quantitative estimate of drug-likeness (QED) is 0.607. The van der Waals surface area contributed by atoms with Crippen LogP contribution in [0.1, 0.15) is 25.8 Å². The van der Waals surface area contributed by atoms with Crippen LogP contribution < -0.4 is 0 Å². The van der Waals surface area contributed by atoms with Crippen molar-refractivity contribution in [3.63, 3.8) is 0 Å². The van der Waals surface area contributed by atoms with Crippen molar-refractivity contribution in [2.75, 3.05) is 13.7 Å². The largest absolute Gasteiger partial charge is 0.469 e. The molecule has 0 aliphatic rings. The molecule has 0 aliphatic carbocycles. The van der Waals surface area contributed by atoms with Gasteiger partial charge in [-0.3, -0.25) is 4.79 Å². The Bertz CT molecular complexity index is 386. The van der Waals surface area contributed by atoms with Crippen molar-refractivity contribution >= 4 is 5.97 Å². The first-order valence-electron chi connectivity index (χ1n) is 6.36. The molecule has 4 heteroatoms. The second kappa shape index (κ2) is 7.26. The van der Waals surface area contributed by atoms with Gasteiger partial charge in [0.2, 0.25) is 0 Å². The highest BCUT2D eigenvalue weighted by molar-refractivity contribution is 5.76. The van der Waals surface area contributed by atoms with E-state index in [2.05, 4.69) is 4.74 Å². The van der Waals surface area contributed by atoms with Crippen LogP contribution in [0.15, 0.2) is 30.3 Å². The van der Waals surface area contributed by atoms with Crippen LogP contribution >= 0.6 is 0 Å². The highest BCUT2D eigenvalue weighted by Crippen LogP contribution is 2.24. The minimum Gasteiger partial charge on any atom is -0.469 e. The molecule has 106 valence electrons. The molecule has 0 radical (unpaired) electrons. The molecule has 0 saturated carbocycles. The number of aliphatic hydroxyl groups is 1. The molecular formula is C15H22O4. The van der Waals surface area contributed by atoms with Gasteiger partial charge in [-0.2, -0.15) is 0 Å². The molecule has 1 atom stereocenters. The SMILES string of the molecule is COC(=O)C(C)(C)C(O)CCOCc1ccccc1. The average molecular weight is 266 g/mol. The second-order valence-corrected chi connectivity index (χ2v) is 5.06. The Balaban J connectivity index is 2.31. The standard InChI is InChI=1S/C15H22O4/c1-15(2,14(17)18-3)13(16)9-10-19-11-12-7-5-4-6-8-12/h4-8,13,16H,9-11H2,1-3H3. The average Bonchev–Trinajstić information content (AvgIpc) is 2.43. The predicted molar refractivity (Wildman–Crippen MR) is 72.5 cm³/mol. The summed E-state index contributed by atoms with van der Waals surface area (Å²) in [5.41, 5.74) is 0.175. The first-order chi connectivity index (χ1) is 8.98. The van der Waals surface area contributed by atoms with Gasteiger partial charge in [0.25, 0.3) is 0 Å². The Morgan fingerprint density at radius 2 is 1.95 bits per heavy atom. The van der Waals surface area contributed by atoms with Gasteiger partial charge in [-0.25, -0.2) is 0 Å². The molecule has 1 aromatic carbocycles. The van der Waals surface area contributed by atoms with Crippen molar-refractivity contribution in [1.29, 1.82) is 0 Å². The number of ether oxygens (including phenoxy) is 2. The highest BCUT2D eigenvalue weighted by atomic mass is 16.5. The van der Waals surface area contributed by atoms with Crippen LogP contribution in [0, 0.1) is 5.41 Å². The van der Waals surface area contributed by atoms with E-state index in [9.17, 15) is 9.90 Å². The van der Waals surface area contributed by atoms with Gasteiger partial charge < -0.3 is 14.6 Å². The fourth-order valence-corrected chi connectivity index (χ4v) is 1.72. The van der Waals surface area contributed by atoms with Gasteiger partial charge in [0.1, 0.15) is 0 Å². The summed E-state index contributed by atoms with van der Waals surface area (Å²) < 4.78 is 10.2. The third kappa shape index (κ3) is 4.65. The maximum absolute atomic E-state index is 11.5. The molecule has 0 amide bonds. The minimum atomic E-state index is -0.912. The van der Waals surface area contributed by atoms with Gasteiger partial charge in [-0.05, 0) is 25.8 Å². The van der Waals surface area contributed by atoms with Gasteiger partial charge in [-0.1, -0.05) is 30.3 Å². The lowest BCUT2D eigenvalue weighted by molar-refractivity contribution is -0.158. The first-order valence-corrected chi connectivity index (χ1v) is 6.36. The zero-order chi connectivity index (χ0) is 14.3. The zero-order valence-corrected chi connectivity index (χ0v) is 11.8. The molecule has 0 fully saturated rings. The van der Waals surface area contributed by atoms with Gasteiger partial charge in [0.15, 0.2) is 0 Å². The van der Waals surface area contributed by atoms with E-state index in [1.165, 1.54) is 7.11 Å². The molecule has 0 aromatic heterocycles. The van der Waals surface area contributed by atoms with Crippen LogP contribution in [0.25, 0.3) is 0 Å². The van der Waals surface area contributed by atoms with E-state index in [-0.39, 0.29) is 0 Å². The van der Waals surface area contributed by atoms with Crippen LogP contribution in [-0.4, -0.2) is 30.9 Å². The monoisotopic (exact) mass is 266 g/mol. The summed E-state index contributed by atoms with van der Waals surface area (Å²) in [5.74, 6) is -0.414. The molecule has 1 rings (SSSR count). The van der Waals surface area contributed by atoms with Gasteiger partial charge in [0.05, 0.1) is 25.2 Å². The number of esters is 1. The Hall–Kier alpha value is -1.39. The topological polar surface area (TPSA) is 55.8 Å². The van der Waals surface area contributed by atoms with Crippen molar-refractivity contribution in [2.24, 2.45) is 5.41 Å². The van der Waals surface area contributed by atoms with Crippen molar-refractivity contribution in [3.8, 4) is 0 Å². The van der Waals surface area contributed by atoms with E-state index in [0.29, 0.717) is 19.6 Å².